The largest absolute Gasteiger partial charge is 0.434 e. The normalized spacial score (nSPS) is 18.7. The highest BCUT2D eigenvalue weighted by Gasteiger charge is 2.39. The zero-order valence-electron chi connectivity index (χ0n) is 20.6. The molecule has 2 aromatic rings. The third-order valence-electron chi connectivity index (χ3n) is 6.14. The van der Waals surface area contributed by atoms with E-state index in [1.807, 2.05) is 0 Å². The van der Waals surface area contributed by atoms with Crippen molar-refractivity contribution in [3.63, 3.8) is 0 Å². The zero-order valence-corrected chi connectivity index (χ0v) is 20.6. The van der Waals surface area contributed by atoms with E-state index in [9.17, 15) is 35.9 Å². The van der Waals surface area contributed by atoms with E-state index in [-0.39, 0.29) is 57.0 Å². The number of hydrogen-bond donors (Lipinski definition) is 2. The number of nitrogens with zero attached hydrogens (tertiary/aromatic N) is 5. The molecule has 2 aliphatic heterocycles. The van der Waals surface area contributed by atoms with Crippen LogP contribution in [-0.2, 0) is 33.2 Å². The van der Waals surface area contributed by atoms with Crippen LogP contribution in [0.25, 0.3) is 0 Å². The third-order valence-corrected chi connectivity index (χ3v) is 6.14. The molecule has 4 heterocycles. The van der Waals surface area contributed by atoms with Gasteiger partial charge in [0.05, 0.1) is 57.0 Å². The maximum absolute atomic E-state index is 13.2. The van der Waals surface area contributed by atoms with Crippen molar-refractivity contribution in [3.8, 4) is 0 Å². The Labute approximate surface area is 217 Å². The molecule has 17 heteroatoms. The number of H-pyrrole nitrogens is 1. The fourth-order valence-electron chi connectivity index (χ4n) is 4.36. The van der Waals surface area contributed by atoms with E-state index in [4.69, 9.17) is 9.47 Å². The Hall–Kier alpha value is -3.47. The Kier molecular flexibility index (Phi) is 8.29. The second-order valence-electron chi connectivity index (χ2n) is 9.08. The molecule has 0 saturated carbocycles. The molecule has 1 amide bonds. The molecule has 2 aromatic heterocycles. The average molecular weight is 565 g/mol. The van der Waals surface area contributed by atoms with Crippen LogP contribution in [0.3, 0.4) is 0 Å². The maximum Gasteiger partial charge on any atom is 0.434 e. The first-order valence-corrected chi connectivity index (χ1v) is 11.9. The van der Waals surface area contributed by atoms with Crippen LogP contribution in [0, 0.1) is 0 Å². The lowest BCUT2D eigenvalue weighted by Crippen LogP contribution is -2.56. The summed E-state index contributed by atoms with van der Waals surface area (Å²) in [6.45, 7) is 2.41. The summed E-state index contributed by atoms with van der Waals surface area (Å²) in [5.74, 6) is 0.0723. The first-order chi connectivity index (χ1) is 18.3. The SMILES string of the molecule is C[C@@H](COCCC(=O)N1CCN2c3ncc(C(F)(F)F)nc3COC[C@H]2C1)Nc1cn[nH]c(=O)c1C(F)(F)F. The predicted octanol–water partition coefficient (Wildman–Crippen LogP) is 2.05. The molecular weight excluding hydrogens is 540 g/mol. The van der Waals surface area contributed by atoms with Gasteiger partial charge < -0.3 is 24.6 Å². The van der Waals surface area contributed by atoms with Crippen LogP contribution in [-0.4, -0.2) is 82.5 Å². The van der Waals surface area contributed by atoms with E-state index in [2.05, 4.69) is 20.4 Å². The van der Waals surface area contributed by atoms with Crippen LogP contribution in [0.5, 0.6) is 0 Å². The molecule has 2 atom stereocenters. The van der Waals surface area contributed by atoms with Crippen molar-refractivity contribution in [3.05, 3.63) is 39.7 Å². The Morgan fingerprint density at radius 3 is 2.72 bits per heavy atom. The number of piperazine rings is 1. The summed E-state index contributed by atoms with van der Waals surface area (Å²) in [7, 11) is 0. The zero-order chi connectivity index (χ0) is 28.4. The molecule has 2 N–H and O–H groups in total. The number of carbonyl (C=O) groups excluding carboxylic acids is 1. The quantitative estimate of drug-likeness (QED) is 0.383. The summed E-state index contributed by atoms with van der Waals surface area (Å²) in [4.78, 5) is 35.3. The highest BCUT2D eigenvalue weighted by molar-refractivity contribution is 5.76. The van der Waals surface area contributed by atoms with Gasteiger partial charge in [-0.25, -0.2) is 15.1 Å². The molecule has 0 radical (unpaired) electrons. The highest BCUT2D eigenvalue weighted by Crippen LogP contribution is 2.33. The molecule has 0 spiro atoms. The molecular formula is C22H25F6N7O4. The lowest BCUT2D eigenvalue weighted by Gasteiger charge is -2.41. The Balaban J connectivity index is 1.26. The fourth-order valence-corrected chi connectivity index (χ4v) is 4.36. The number of nitrogens with one attached hydrogen (secondary N) is 2. The Morgan fingerprint density at radius 2 is 2.00 bits per heavy atom. The number of halogens is 6. The van der Waals surface area contributed by atoms with Gasteiger partial charge >= 0.3 is 12.4 Å². The van der Waals surface area contributed by atoms with Crippen molar-refractivity contribution in [1.29, 1.82) is 0 Å². The minimum Gasteiger partial charge on any atom is -0.379 e. The van der Waals surface area contributed by atoms with E-state index < -0.39 is 40.9 Å². The van der Waals surface area contributed by atoms with Gasteiger partial charge in [0.15, 0.2) is 11.5 Å². The lowest BCUT2D eigenvalue weighted by molar-refractivity contribution is -0.141. The summed E-state index contributed by atoms with van der Waals surface area (Å²) < 4.78 is 89.5. The minimum absolute atomic E-state index is 0.000509. The fraction of sp³-hybridized carbons (Fsp3) is 0.591. The van der Waals surface area contributed by atoms with Gasteiger partial charge in [-0.1, -0.05) is 0 Å². The number of ether oxygens (including phenoxy) is 2. The molecule has 11 nitrogen and oxygen atoms in total. The van der Waals surface area contributed by atoms with Crippen molar-refractivity contribution >= 4 is 17.4 Å². The van der Waals surface area contributed by atoms with Gasteiger partial charge in [0, 0.05) is 25.7 Å². The van der Waals surface area contributed by atoms with Gasteiger partial charge in [0.1, 0.15) is 11.3 Å². The van der Waals surface area contributed by atoms with Crippen molar-refractivity contribution in [2.45, 2.75) is 44.4 Å². The molecule has 39 heavy (non-hydrogen) atoms. The van der Waals surface area contributed by atoms with E-state index in [0.29, 0.717) is 25.1 Å². The van der Waals surface area contributed by atoms with Gasteiger partial charge in [-0.3, -0.25) is 9.59 Å². The Bertz CT molecular complexity index is 1240. The minimum atomic E-state index is -4.88. The van der Waals surface area contributed by atoms with Crippen molar-refractivity contribution in [2.75, 3.05) is 49.7 Å². The van der Waals surface area contributed by atoms with E-state index in [1.54, 1.807) is 21.8 Å². The van der Waals surface area contributed by atoms with E-state index >= 15 is 0 Å². The molecule has 214 valence electrons. The van der Waals surface area contributed by atoms with Crippen LogP contribution in [0.1, 0.15) is 30.3 Å². The molecule has 1 fully saturated rings. The monoisotopic (exact) mass is 565 g/mol. The van der Waals surface area contributed by atoms with Crippen LogP contribution >= 0.6 is 0 Å². The van der Waals surface area contributed by atoms with Crippen LogP contribution < -0.4 is 15.8 Å². The average Bonchev–Trinajstić information content (AvgIpc) is 3.03. The third kappa shape index (κ3) is 6.76. The molecule has 2 aliphatic rings. The first kappa shape index (κ1) is 28.5. The number of fused-ring (bicyclic) bond motifs is 3. The number of amides is 1. The summed E-state index contributed by atoms with van der Waals surface area (Å²) in [6.07, 6.45) is -7.95. The molecule has 1 saturated heterocycles. The van der Waals surface area contributed by atoms with E-state index in [0.717, 1.165) is 6.20 Å². The van der Waals surface area contributed by atoms with Gasteiger partial charge in [-0.2, -0.15) is 31.4 Å². The topological polar surface area (TPSA) is 126 Å². The van der Waals surface area contributed by atoms with E-state index in [1.165, 1.54) is 0 Å². The first-order valence-electron chi connectivity index (χ1n) is 11.9. The molecule has 0 bridgehead atoms. The standard InChI is InChI=1S/C22H25F6N7O4/c1-12(31-14-6-30-33-20(37)18(14)22(26,27)28)9-38-5-2-17(36)34-3-4-35-13(8-34)10-39-11-15-19(35)29-7-16(32-15)21(23,24)25/h6-7,12-13H,2-5,8-11H2,1H3,(H2,31,33,37)/t12-,13+/m0/s1. The van der Waals surface area contributed by atoms with Gasteiger partial charge in [0.25, 0.3) is 5.56 Å². The summed E-state index contributed by atoms with van der Waals surface area (Å²) in [6, 6.07) is -0.957. The molecule has 0 aliphatic carbocycles. The summed E-state index contributed by atoms with van der Waals surface area (Å²) in [5, 5.41) is 7.69. The number of aromatic amines is 1. The predicted molar refractivity (Wildman–Crippen MR) is 123 cm³/mol. The molecule has 0 unspecified atom stereocenters. The highest BCUT2D eigenvalue weighted by atomic mass is 19.4. The number of carbonyl (C=O) groups is 1. The number of aromatic nitrogens is 4. The molecule has 4 rings (SSSR count). The number of alkyl halides is 6. The van der Waals surface area contributed by atoms with Crippen molar-refractivity contribution in [1.82, 2.24) is 25.1 Å². The second kappa shape index (κ2) is 11.3. The van der Waals surface area contributed by atoms with Crippen LogP contribution in [0.15, 0.2) is 17.2 Å². The van der Waals surface area contributed by atoms with Crippen LogP contribution in [0.2, 0.25) is 0 Å². The number of hydrogen-bond acceptors (Lipinski definition) is 9. The van der Waals surface area contributed by atoms with Crippen LogP contribution in [0.4, 0.5) is 37.8 Å². The number of anilines is 2. The van der Waals surface area contributed by atoms with Gasteiger partial charge in [-0.05, 0) is 6.92 Å². The van der Waals surface area contributed by atoms with Crippen molar-refractivity contribution in [2.24, 2.45) is 0 Å². The second-order valence-corrected chi connectivity index (χ2v) is 9.08. The summed E-state index contributed by atoms with van der Waals surface area (Å²) in [5.41, 5.74) is -4.26. The van der Waals surface area contributed by atoms with Gasteiger partial charge in [0.2, 0.25) is 5.91 Å². The lowest BCUT2D eigenvalue weighted by atomic mass is 10.1. The van der Waals surface area contributed by atoms with Crippen molar-refractivity contribution < 1.29 is 40.6 Å². The Morgan fingerprint density at radius 1 is 1.23 bits per heavy atom. The summed E-state index contributed by atoms with van der Waals surface area (Å²) >= 11 is 0. The molecule has 0 aromatic carbocycles. The maximum atomic E-state index is 13.2. The number of rotatable bonds is 7. The van der Waals surface area contributed by atoms with Gasteiger partial charge in [-0.15, -0.1) is 0 Å². The smallest absolute Gasteiger partial charge is 0.379 e.